The Morgan fingerprint density at radius 2 is 2.03 bits per heavy atom. The zero-order chi connectivity index (χ0) is 20.5. The highest BCUT2D eigenvalue weighted by atomic mass is 127. The number of imidazole rings is 1. The Morgan fingerprint density at radius 1 is 1.28 bits per heavy atom. The second kappa shape index (κ2) is 8.48. The molecule has 1 aromatic carbocycles. The Hall–Kier alpha value is -1.86. The van der Waals surface area contributed by atoms with E-state index in [4.69, 9.17) is 15.2 Å². The van der Waals surface area contributed by atoms with E-state index in [9.17, 15) is 4.39 Å². The maximum Gasteiger partial charge on any atom is 0.312 e. The van der Waals surface area contributed by atoms with E-state index in [1.54, 1.807) is 0 Å². The standard InChI is InChI=1S/C18H20FIN6O2S/c1-9(2)22-4-3-5-26-16-14(15(21)24-17(19)25-16)23-18(26)29-13-7-12-11(6-10(13)20)27-8-28-12/h6-7,9,22H,3-5,8H2,1-2H3,(H2,21,24,25). The number of hydrogen-bond acceptors (Lipinski definition) is 8. The van der Waals surface area contributed by atoms with Crippen molar-refractivity contribution >= 4 is 51.3 Å². The molecular formula is C18H20FIN6O2S. The fourth-order valence-electron chi connectivity index (χ4n) is 2.96. The first-order chi connectivity index (χ1) is 13.9. The van der Waals surface area contributed by atoms with Crippen molar-refractivity contribution in [3.8, 4) is 11.5 Å². The fraction of sp³-hybridized carbons (Fsp3) is 0.389. The van der Waals surface area contributed by atoms with Crippen LogP contribution in [0.25, 0.3) is 11.2 Å². The average Bonchev–Trinajstić information content (AvgIpc) is 3.23. The van der Waals surface area contributed by atoms with E-state index in [1.807, 2.05) is 16.7 Å². The van der Waals surface area contributed by atoms with Crippen LogP contribution in [0.1, 0.15) is 20.3 Å². The molecule has 0 amide bonds. The Kier molecular flexibility index (Phi) is 5.97. The van der Waals surface area contributed by atoms with Gasteiger partial charge in [-0.25, -0.2) is 4.98 Å². The molecule has 0 fully saturated rings. The summed E-state index contributed by atoms with van der Waals surface area (Å²) in [4.78, 5) is 13.1. The van der Waals surface area contributed by atoms with Gasteiger partial charge in [0, 0.05) is 21.1 Å². The highest BCUT2D eigenvalue weighted by Gasteiger charge is 2.21. The van der Waals surface area contributed by atoms with Gasteiger partial charge in [-0.2, -0.15) is 14.4 Å². The smallest absolute Gasteiger partial charge is 0.312 e. The van der Waals surface area contributed by atoms with Gasteiger partial charge in [0.2, 0.25) is 6.79 Å². The van der Waals surface area contributed by atoms with Gasteiger partial charge in [0.05, 0.1) is 0 Å². The Morgan fingerprint density at radius 3 is 2.79 bits per heavy atom. The van der Waals surface area contributed by atoms with Gasteiger partial charge < -0.3 is 25.1 Å². The molecule has 4 rings (SSSR count). The summed E-state index contributed by atoms with van der Waals surface area (Å²) in [5.74, 6) is 1.46. The molecule has 3 aromatic rings. The summed E-state index contributed by atoms with van der Waals surface area (Å²) in [6.07, 6.45) is -0.0216. The molecule has 0 aliphatic carbocycles. The Bertz CT molecular complexity index is 1060. The van der Waals surface area contributed by atoms with E-state index >= 15 is 0 Å². The molecule has 2 aromatic heterocycles. The van der Waals surface area contributed by atoms with Crippen molar-refractivity contribution in [1.29, 1.82) is 0 Å². The number of fused-ring (bicyclic) bond motifs is 2. The summed E-state index contributed by atoms with van der Waals surface area (Å²) in [6.45, 7) is 5.85. The van der Waals surface area contributed by atoms with E-state index in [2.05, 4.69) is 56.7 Å². The summed E-state index contributed by atoms with van der Waals surface area (Å²) in [5.41, 5.74) is 6.71. The van der Waals surface area contributed by atoms with Crippen LogP contribution in [0.4, 0.5) is 10.2 Å². The number of benzene rings is 1. The van der Waals surface area contributed by atoms with Gasteiger partial charge in [-0.1, -0.05) is 25.6 Å². The number of halogens is 2. The normalized spacial score (nSPS) is 13.0. The number of nitrogens with zero attached hydrogens (tertiary/aromatic N) is 4. The molecule has 0 saturated heterocycles. The first kappa shape index (κ1) is 20.4. The average molecular weight is 530 g/mol. The van der Waals surface area contributed by atoms with Gasteiger partial charge in [-0.05, 0) is 47.7 Å². The fourth-order valence-corrected chi connectivity index (χ4v) is 4.67. The van der Waals surface area contributed by atoms with Crippen molar-refractivity contribution in [1.82, 2.24) is 24.8 Å². The molecule has 3 heterocycles. The zero-order valence-corrected chi connectivity index (χ0v) is 18.9. The third-order valence-electron chi connectivity index (χ3n) is 4.30. The molecular weight excluding hydrogens is 510 g/mol. The molecule has 0 bridgehead atoms. The van der Waals surface area contributed by atoms with Crippen molar-refractivity contribution in [2.45, 2.75) is 42.9 Å². The molecule has 0 radical (unpaired) electrons. The molecule has 1 aliphatic rings. The van der Waals surface area contributed by atoms with Crippen LogP contribution in [0.3, 0.4) is 0 Å². The van der Waals surface area contributed by atoms with E-state index in [1.165, 1.54) is 11.8 Å². The van der Waals surface area contributed by atoms with Crippen molar-refractivity contribution < 1.29 is 13.9 Å². The summed E-state index contributed by atoms with van der Waals surface area (Å²) in [5, 5.41) is 4.06. The van der Waals surface area contributed by atoms with E-state index < -0.39 is 6.08 Å². The van der Waals surface area contributed by atoms with Gasteiger partial charge in [0.25, 0.3) is 0 Å². The predicted octanol–water partition coefficient (Wildman–Crippen LogP) is 3.42. The summed E-state index contributed by atoms with van der Waals surface area (Å²) in [6, 6.07) is 4.25. The number of nitrogens with one attached hydrogen (secondary N) is 1. The van der Waals surface area contributed by atoms with Crippen LogP contribution in [0.5, 0.6) is 11.5 Å². The number of nitrogens with two attached hydrogens (primary N) is 1. The van der Waals surface area contributed by atoms with Gasteiger partial charge >= 0.3 is 6.08 Å². The first-order valence-corrected chi connectivity index (χ1v) is 11.0. The van der Waals surface area contributed by atoms with E-state index in [0.29, 0.717) is 34.7 Å². The maximum atomic E-state index is 13.8. The highest BCUT2D eigenvalue weighted by Crippen LogP contribution is 2.41. The minimum absolute atomic E-state index is 0.0359. The largest absolute Gasteiger partial charge is 0.454 e. The molecule has 8 nitrogen and oxygen atoms in total. The molecule has 1 aliphatic heterocycles. The third-order valence-corrected chi connectivity index (χ3v) is 6.61. The van der Waals surface area contributed by atoms with Crippen LogP contribution in [0, 0.1) is 9.65 Å². The molecule has 0 spiro atoms. The molecule has 154 valence electrons. The molecule has 29 heavy (non-hydrogen) atoms. The van der Waals surface area contributed by atoms with Crippen LogP contribution in [-0.2, 0) is 6.54 Å². The van der Waals surface area contributed by atoms with Crippen LogP contribution in [0.15, 0.2) is 22.2 Å². The van der Waals surface area contributed by atoms with Crippen molar-refractivity contribution in [2.24, 2.45) is 0 Å². The lowest BCUT2D eigenvalue weighted by molar-refractivity contribution is 0.174. The van der Waals surface area contributed by atoms with Crippen LogP contribution in [0.2, 0.25) is 0 Å². The van der Waals surface area contributed by atoms with Crippen LogP contribution >= 0.6 is 34.4 Å². The lowest BCUT2D eigenvalue weighted by Crippen LogP contribution is -2.24. The number of anilines is 1. The van der Waals surface area contributed by atoms with Crippen molar-refractivity contribution in [3.05, 3.63) is 21.8 Å². The number of aromatic nitrogens is 4. The molecule has 3 N–H and O–H groups in total. The second-order valence-corrected chi connectivity index (χ2v) is 8.97. The predicted molar refractivity (Wildman–Crippen MR) is 117 cm³/mol. The zero-order valence-electron chi connectivity index (χ0n) is 15.9. The quantitative estimate of drug-likeness (QED) is 0.273. The van der Waals surface area contributed by atoms with Crippen LogP contribution in [-0.4, -0.2) is 38.9 Å². The second-order valence-electron chi connectivity index (χ2n) is 6.80. The van der Waals surface area contributed by atoms with E-state index in [-0.39, 0.29) is 12.6 Å². The van der Waals surface area contributed by atoms with Gasteiger partial charge in [-0.15, -0.1) is 0 Å². The molecule has 0 saturated carbocycles. The topological polar surface area (TPSA) is 100 Å². The Balaban J connectivity index is 1.69. The number of hydrogen-bond donors (Lipinski definition) is 2. The summed E-state index contributed by atoms with van der Waals surface area (Å²) >= 11 is 3.70. The first-order valence-electron chi connectivity index (χ1n) is 9.12. The van der Waals surface area contributed by atoms with Crippen LogP contribution < -0.4 is 20.5 Å². The summed E-state index contributed by atoms with van der Waals surface area (Å²) < 4.78 is 27.6. The number of ether oxygens (including phenoxy) is 2. The third kappa shape index (κ3) is 4.36. The lowest BCUT2D eigenvalue weighted by atomic mass is 10.3. The SMILES string of the molecule is CC(C)NCCCn1c(Sc2cc3c(cc2I)OCO3)nc2c(N)nc(F)nc21. The highest BCUT2D eigenvalue weighted by molar-refractivity contribution is 14.1. The van der Waals surface area contributed by atoms with Gasteiger partial charge in [0.1, 0.15) is 0 Å². The Labute approximate surface area is 184 Å². The number of aryl methyl sites for hydroxylation is 1. The molecule has 0 unspecified atom stereocenters. The monoisotopic (exact) mass is 530 g/mol. The van der Waals surface area contributed by atoms with E-state index in [0.717, 1.165) is 27.2 Å². The molecule has 0 atom stereocenters. The van der Waals surface area contributed by atoms with Crippen molar-refractivity contribution in [3.63, 3.8) is 0 Å². The minimum Gasteiger partial charge on any atom is -0.454 e. The molecule has 11 heteroatoms. The lowest BCUT2D eigenvalue weighted by Gasteiger charge is -2.11. The maximum absolute atomic E-state index is 13.8. The minimum atomic E-state index is -0.856. The number of rotatable bonds is 7. The van der Waals surface area contributed by atoms with Gasteiger partial charge in [0.15, 0.2) is 33.6 Å². The van der Waals surface area contributed by atoms with Crippen molar-refractivity contribution in [2.75, 3.05) is 19.1 Å². The summed E-state index contributed by atoms with van der Waals surface area (Å²) in [7, 11) is 0. The van der Waals surface area contributed by atoms with Gasteiger partial charge in [-0.3, -0.25) is 0 Å². The number of nitrogen functional groups attached to an aromatic ring is 1.